The summed E-state index contributed by atoms with van der Waals surface area (Å²) in [5.41, 5.74) is -1.04. The maximum Gasteiger partial charge on any atom is 0.383 e. The van der Waals surface area contributed by atoms with E-state index in [0.29, 0.717) is 33.1 Å². The minimum absolute atomic E-state index is 0.106. The summed E-state index contributed by atoms with van der Waals surface area (Å²) in [5.74, 6) is -3.86. The lowest BCUT2D eigenvalue weighted by molar-refractivity contribution is -0.302. The molecule has 0 saturated heterocycles. The van der Waals surface area contributed by atoms with Crippen LogP contribution in [0.1, 0.15) is 46.0 Å². The van der Waals surface area contributed by atoms with E-state index in [1.165, 1.54) is 0 Å². The lowest BCUT2D eigenvalue weighted by atomic mass is 9.49. The van der Waals surface area contributed by atoms with Crippen LogP contribution >= 0.6 is 0 Å². The summed E-state index contributed by atoms with van der Waals surface area (Å²) in [5, 5.41) is 6.75. The van der Waals surface area contributed by atoms with Crippen LogP contribution in [0.3, 0.4) is 0 Å². The molecule has 2 unspecified atom stereocenters. The standard InChI is InChI=1S/C18H22F2O7S/c1-9(21)15(10(2)22)28(25,26)18(19,20)8-27-16(24)17-5-11-3-12(6-17)14(23)13(4-11)7-17/h11-13,21H,3-8H2,1-2H3/p-1. The molecule has 2 atom stereocenters. The van der Waals surface area contributed by atoms with E-state index in [4.69, 9.17) is 4.74 Å². The van der Waals surface area contributed by atoms with Crippen molar-refractivity contribution in [2.24, 2.45) is 23.2 Å². The molecule has 4 aliphatic carbocycles. The van der Waals surface area contributed by atoms with E-state index in [9.17, 15) is 36.7 Å². The highest BCUT2D eigenvalue weighted by atomic mass is 32.2. The molecule has 28 heavy (non-hydrogen) atoms. The van der Waals surface area contributed by atoms with Crippen LogP contribution in [0.15, 0.2) is 10.7 Å². The van der Waals surface area contributed by atoms with Gasteiger partial charge in [0, 0.05) is 11.8 Å². The van der Waals surface area contributed by atoms with Gasteiger partial charge >= 0.3 is 11.2 Å². The van der Waals surface area contributed by atoms with E-state index in [1.54, 1.807) is 0 Å². The quantitative estimate of drug-likeness (QED) is 0.360. The molecule has 4 aliphatic rings. The van der Waals surface area contributed by atoms with Crippen molar-refractivity contribution in [3.8, 4) is 0 Å². The first-order valence-electron chi connectivity index (χ1n) is 9.03. The highest BCUT2D eigenvalue weighted by molar-refractivity contribution is 7.97. The number of hydrogen-bond acceptors (Lipinski definition) is 7. The van der Waals surface area contributed by atoms with Gasteiger partial charge in [-0.1, -0.05) is 6.92 Å². The van der Waals surface area contributed by atoms with Gasteiger partial charge in [-0.2, -0.15) is 8.78 Å². The van der Waals surface area contributed by atoms with E-state index < -0.39 is 49.5 Å². The monoisotopic (exact) mass is 419 g/mol. The van der Waals surface area contributed by atoms with Crippen LogP contribution in [0, 0.1) is 23.2 Å². The molecule has 0 spiro atoms. The fourth-order valence-electron chi connectivity index (χ4n) is 5.15. The zero-order valence-corrected chi connectivity index (χ0v) is 16.3. The van der Waals surface area contributed by atoms with Crippen molar-refractivity contribution in [3.05, 3.63) is 10.7 Å². The van der Waals surface area contributed by atoms with Gasteiger partial charge < -0.3 is 9.84 Å². The Bertz CT molecular complexity index is 852. The Morgan fingerprint density at radius 1 is 1.18 bits per heavy atom. The van der Waals surface area contributed by atoms with Crippen LogP contribution < -0.4 is 5.11 Å². The molecule has 4 saturated carbocycles. The highest BCUT2D eigenvalue weighted by Gasteiger charge is 2.60. The summed E-state index contributed by atoms with van der Waals surface area (Å²) in [4.78, 5) is 34.6. The van der Waals surface area contributed by atoms with Crippen LogP contribution in [-0.2, 0) is 29.0 Å². The van der Waals surface area contributed by atoms with Crippen molar-refractivity contribution >= 4 is 27.4 Å². The second kappa shape index (κ2) is 6.60. The predicted octanol–water partition coefficient (Wildman–Crippen LogP) is 1.11. The third-order valence-electron chi connectivity index (χ3n) is 6.10. The van der Waals surface area contributed by atoms with E-state index in [0.717, 1.165) is 0 Å². The number of carbonyl (C=O) groups excluding carboxylic acids is 3. The zero-order chi connectivity index (χ0) is 21.1. The first-order valence-corrected chi connectivity index (χ1v) is 10.5. The number of ether oxygens (including phenoxy) is 1. The Labute approximate surface area is 161 Å². The predicted molar refractivity (Wildman–Crippen MR) is 89.2 cm³/mol. The molecule has 0 heterocycles. The van der Waals surface area contributed by atoms with E-state index >= 15 is 0 Å². The van der Waals surface area contributed by atoms with Crippen molar-refractivity contribution in [2.75, 3.05) is 6.61 Å². The largest absolute Gasteiger partial charge is 0.875 e. The first-order chi connectivity index (χ1) is 12.8. The number of ketones is 2. The normalized spacial score (nSPS) is 32.9. The summed E-state index contributed by atoms with van der Waals surface area (Å²) >= 11 is 0. The smallest absolute Gasteiger partial charge is 0.383 e. The molecule has 0 aromatic rings. The fourth-order valence-corrected chi connectivity index (χ4v) is 6.42. The number of carbonyl (C=O) groups is 3. The second-order valence-electron chi connectivity index (χ2n) is 8.18. The van der Waals surface area contributed by atoms with Gasteiger partial charge in [0.15, 0.2) is 12.4 Å². The molecule has 0 N–H and O–H groups in total. The van der Waals surface area contributed by atoms with Crippen LogP contribution in [0.4, 0.5) is 8.78 Å². The van der Waals surface area contributed by atoms with Crippen molar-refractivity contribution in [3.63, 3.8) is 0 Å². The van der Waals surface area contributed by atoms with Crippen molar-refractivity contribution < 1.29 is 41.4 Å². The van der Waals surface area contributed by atoms with Gasteiger partial charge in [-0.05, 0) is 44.9 Å². The SMILES string of the molecule is CC(=O)C(=C(C)[O-])S(=O)(=O)C(F)(F)COC(=O)C12CC3CC(C1)C(=O)C(C3)C2. The average molecular weight is 419 g/mol. The van der Waals surface area contributed by atoms with Gasteiger partial charge in [-0.15, -0.1) is 5.76 Å². The topological polar surface area (TPSA) is 118 Å². The van der Waals surface area contributed by atoms with Crippen molar-refractivity contribution in [1.29, 1.82) is 0 Å². The molecule has 0 aromatic carbocycles. The number of halogens is 2. The Hall–Kier alpha value is -1.84. The summed E-state index contributed by atoms with van der Waals surface area (Å²) in [6.45, 7) is -0.389. The Morgan fingerprint density at radius 2 is 1.71 bits per heavy atom. The second-order valence-corrected chi connectivity index (χ2v) is 10.2. The van der Waals surface area contributed by atoms with E-state index in [-0.39, 0.29) is 36.4 Å². The third kappa shape index (κ3) is 3.15. The number of hydrogen-bond donors (Lipinski definition) is 0. The maximum absolute atomic E-state index is 14.3. The van der Waals surface area contributed by atoms with Crippen molar-refractivity contribution in [2.45, 2.75) is 51.2 Å². The van der Waals surface area contributed by atoms with Crippen LogP contribution in [0.5, 0.6) is 0 Å². The maximum atomic E-state index is 14.3. The molecule has 10 heteroatoms. The van der Waals surface area contributed by atoms with Crippen LogP contribution in [-0.4, -0.2) is 37.8 Å². The molecular weight excluding hydrogens is 398 g/mol. The van der Waals surface area contributed by atoms with Gasteiger partial charge in [0.2, 0.25) is 9.84 Å². The fraction of sp³-hybridized carbons (Fsp3) is 0.722. The number of sulfone groups is 1. The first kappa shape index (κ1) is 20.9. The molecule has 4 rings (SSSR count). The number of allylic oxidation sites excluding steroid dienone is 2. The average Bonchev–Trinajstić information content (AvgIpc) is 2.55. The number of alkyl halides is 2. The van der Waals surface area contributed by atoms with E-state index in [1.807, 2.05) is 0 Å². The Balaban J connectivity index is 1.76. The molecule has 0 amide bonds. The van der Waals surface area contributed by atoms with Gasteiger partial charge in [-0.3, -0.25) is 14.4 Å². The lowest BCUT2D eigenvalue weighted by Crippen LogP contribution is -2.55. The Morgan fingerprint density at radius 3 is 2.18 bits per heavy atom. The molecule has 156 valence electrons. The Kier molecular flexibility index (Phi) is 4.92. The van der Waals surface area contributed by atoms with Crippen LogP contribution in [0.2, 0.25) is 0 Å². The molecule has 4 fully saturated rings. The number of esters is 1. The third-order valence-corrected chi connectivity index (χ3v) is 8.12. The van der Waals surface area contributed by atoms with E-state index in [2.05, 4.69) is 0 Å². The molecule has 0 radical (unpaired) electrons. The van der Waals surface area contributed by atoms with Gasteiger partial charge in [-0.25, -0.2) is 8.42 Å². The zero-order valence-electron chi connectivity index (χ0n) is 15.5. The minimum atomic E-state index is -5.61. The summed E-state index contributed by atoms with van der Waals surface area (Å²) in [6.07, 6.45) is 2.26. The summed E-state index contributed by atoms with van der Waals surface area (Å²) < 4.78 is 57.5. The molecular formula is C18H21F2O7S-. The lowest BCUT2D eigenvalue weighted by Gasteiger charge is -2.53. The molecule has 4 bridgehead atoms. The van der Waals surface area contributed by atoms with Crippen LogP contribution in [0.25, 0.3) is 0 Å². The number of Topliss-reactive ketones (excluding diaryl/α,β-unsaturated/α-hetero) is 2. The molecule has 0 aliphatic heterocycles. The molecule has 0 aromatic heterocycles. The van der Waals surface area contributed by atoms with Gasteiger partial charge in [0.1, 0.15) is 10.7 Å². The van der Waals surface area contributed by atoms with Gasteiger partial charge in [0.05, 0.1) is 5.41 Å². The van der Waals surface area contributed by atoms with Crippen molar-refractivity contribution in [1.82, 2.24) is 0 Å². The summed E-state index contributed by atoms with van der Waals surface area (Å²) in [6, 6.07) is 0. The minimum Gasteiger partial charge on any atom is -0.875 e. The van der Waals surface area contributed by atoms with Gasteiger partial charge in [0.25, 0.3) is 0 Å². The summed E-state index contributed by atoms with van der Waals surface area (Å²) in [7, 11) is -5.61. The highest BCUT2D eigenvalue weighted by Crippen LogP contribution is 2.59. The number of rotatable bonds is 6. The molecule has 7 nitrogen and oxygen atoms in total.